The number of ether oxygens (including phenoxy) is 1. The Labute approximate surface area is 203 Å². The molecule has 0 saturated carbocycles. The number of amides is 2. The normalized spacial score (nSPS) is 16.7. The number of terminal acetylenes is 1. The molecular formula is C26H30F3N3O3. The molecule has 2 rings (SSSR count). The lowest BCUT2D eigenvalue weighted by Crippen LogP contribution is -2.46. The smallest absolute Gasteiger partial charge is 0.389 e. The predicted molar refractivity (Wildman–Crippen MR) is 128 cm³/mol. The molecule has 2 amide bonds. The van der Waals surface area contributed by atoms with Crippen LogP contribution >= 0.6 is 0 Å². The van der Waals surface area contributed by atoms with E-state index in [9.17, 15) is 22.8 Å². The zero-order valence-electron chi connectivity index (χ0n) is 19.6. The molecule has 1 aromatic rings. The van der Waals surface area contributed by atoms with E-state index in [0.29, 0.717) is 43.4 Å². The van der Waals surface area contributed by atoms with Gasteiger partial charge in [0, 0.05) is 12.5 Å². The number of allylic oxidation sites excluding steroid dienone is 3. The molecule has 1 aromatic carbocycles. The number of hydrazine groups is 1. The SMILES string of the molecule is C#C/C=C\C(=C/CCCC1CC(c2ccc(C)cc2)=C(N(N)C=O)C(=O)N1)OCCCC(F)(F)F. The summed E-state index contributed by atoms with van der Waals surface area (Å²) in [5, 5.41) is 3.69. The molecular weight excluding hydrogens is 459 g/mol. The summed E-state index contributed by atoms with van der Waals surface area (Å²) < 4.78 is 42.4. The van der Waals surface area contributed by atoms with Crippen LogP contribution in [-0.4, -0.2) is 36.2 Å². The second-order valence-corrected chi connectivity index (χ2v) is 8.18. The average molecular weight is 490 g/mol. The van der Waals surface area contributed by atoms with Crippen molar-refractivity contribution in [3.05, 3.63) is 65.1 Å². The van der Waals surface area contributed by atoms with Gasteiger partial charge in [-0.1, -0.05) is 35.7 Å². The van der Waals surface area contributed by atoms with E-state index in [4.69, 9.17) is 17.0 Å². The summed E-state index contributed by atoms with van der Waals surface area (Å²) in [7, 11) is 0. The molecule has 3 N–H and O–H groups in total. The number of alkyl halides is 3. The van der Waals surface area contributed by atoms with Crippen molar-refractivity contribution in [1.29, 1.82) is 0 Å². The number of carbonyl (C=O) groups is 2. The van der Waals surface area contributed by atoms with Crippen LogP contribution in [0.15, 0.2) is 53.9 Å². The average Bonchev–Trinajstić information content (AvgIpc) is 2.81. The first-order valence-corrected chi connectivity index (χ1v) is 11.3. The van der Waals surface area contributed by atoms with E-state index >= 15 is 0 Å². The highest BCUT2D eigenvalue weighted by Crippen LogP contribution is 2.30. The van der Waals surface area contributed by atoms with Gasteiger partial charge in [-0.15, -0.1) is 6.42 Å². The molecule has 1 aliphatic rings. The Kier molecular flexibility index (Phi) is 10.6. The first-order valence-electron chi connectivity index (χ1n) is 11.3. The van der Waals surface area contributed by atoms with Crippen molar-refractivity contribution in [2.75, 3.05) is 6.61 Å². The van der Waals surface area contributed by atoms with Gasteiger partial charge in [0.2, 0.25) is 6.41 Å². The first kappa shape index (κ1) is 27.7. The monoisotopic (exact) mass is 489 g/mol. The quantitative estimate of drug-likeness (QED) is 0.0661. The fraction of sp³-hybridized carbons (Fsp3) is 0.385. The summed E-state index contributed by atoms with van der Waals surface area (Å²) in [6, 6.07) is 7.46. The van der Waals surface area contributed by atoms with E-state index in [-0.39, 0.29) is 24.8 Å². The van der Waals surface area contributed by atoms with E-state index < -0.39 is 18.5 Å². The number of nitrogens with one attached hydrogen (secondary N) is 1. The number of hydrogen-bond donors (Lipinski definition) is 2. The van der Waals surface area contributed by atoms with Crippen LogP contribution < -0.4 is 11.2 Å². The fourth-order valence-electron chi connectivity index (χ4n) is 3.67. The van der Waals surface area contributed by atoms with Crippen LogP contribution in [0, 0.1) is 19.3 Å². The Morgan fingerprint density at radius 3 is 2.66 bits per heavy atom. The third-order valence-corrected chi connectivity index (χ3v) is 5.38. The number of nitrogens with zero attached hydrogens (tertiary/aromatic N) is 1. The molecule has 1 unspecified atom stereocenters. The van der Waals surface area contributed by atoms with Gasteiger partial charge in [-0.05, 0) is 68.4 Å². The summed E-state index contributed by atoms with van der Waals surface area (Å²) in [6.07, 6.45) is 7.45. The number of unbranched alkanes of at least 4 members (excludes halogenated alkanes) is 1. The lowest BCUT2D eigenvalue weighted by molar-refractivity contribution is -0.137. The summed E-state index contributed by atoms with van der Waals surface area (Å²) in [6.45, 7) is 1.88. The van der Waals surface area contributed by atoms with Gasteiger partial charge in [-0.2, -0.15) is 13.2 Å². The summed E-state index contributed by atoms with van der Waals surface area (Å²) >= 11 is 0. The number of hydrogen-bond acceptors (Lipinski definition) is 4. The van der Waals surface area contributed by atoms with Crippen LogP contribution in [0.2, 0.25) is 0 Å². The summed E-state index contributed by atoms with van der Waals surface area (Å²) in [4.78, 5) is 24.0. The van der Waals surface area contributed by atoms with Gasteiger partial charge in [-0.3, -0.25) is 9.59 Å². The van der Waals surface area contributed by atoms with Crippen LogP contribution in [0.4, 0.5) is 13.2 Å². The molecule has 0 spiro atoms. The highest BCUT2D eigenvalue weighted by Gasteiger charge is 2.30. The highest BCUT2D eigenvalue weighted by molar-refractivity contribution is 6.03. The maximum Gasteiger partial charge on any atom is 0.389 e. The number of benzene rings is 1. The molecule has 9 heteroatoms. The molecule has 0 bridgehead atoms. The number of carbonyl (C=O) groups excluding carboxylic acids is 2. The van der Waals surface area contributed by atoms with Crippen molar-refractivity contribution in [2.24, 2.45) is 5.84 Å². The maximum atomic E-state index is 12.7. The Balaban J connectivity index is 2.01. The molecule has 6 nitrogen and oxygen atoms in total. The largest absolute Gasteiger partial charge is 0.494 e. The number of aryl methyl sites for hydroxylation is 1. The van der Waals surface area contributed by atoms with Crippen LogP contribution in [0.5, 0.6) is 0 Å². The molecule has 0 aromatic heterocycles. The first-order chi connectivity index (χ1) is 16.6. The molecule has 0 radical (unpaired) electrons. The van der Waals surface area contributed by atoms with Crippen LogP contribution in [0.1, 0.15) is 49.7 Å². The number of rotatable bonds is 12. The summed E-state index contributed by atoms with van der Waals surface area (Å²) in [5.41, 5.74) is 2.69. The second-order valence-electron chi connectivity index (χ2n) is 8.18. The minimum absolute atomic E-state index is 0.0707. The van der Waals surface area contributed by atoms with Crippen LogP contribution in [-0.2, 0) is 14.3 Å². The lowest BCUT2D eigenvalue weighted by atomic mass is 9.90. The predicted octanol–water partition coefficient (Wildman–Crippen LogP) is 4.53. The van der Waals surface area contributed by atoms with Gasteiger partial charge < -0.3 is 10.1 Å². The fourth-order valence-corrected chi connectivity index (χ4v) is 3.67. The molecule has 35 heavy (non-hydrogen) atoms. The van der Waals surface area contributed by atoms with E-state index in [1.165, 1.54) is 12.2 Å². The van der Waals surface area contributed by atoms with Crippen LogP contribution in [0.25, 0.3) is 5.57 Å². The molecule has 0 fully saturated rings. The lowest BCUT2D eigenvalue weighted by Gasteiger charge is -2.30. The standard InChI is InChI=1S/C26H30F3N3O3/c1-3-4-9-22(35-16-7-15-26(27,28)29)10-6-5-8-21-17-23(20-13-11-19(2)12-14-20)24(25(34)31-21)32(30)18-33/h1,4,9-14,18,21H,5-8,15-17,30H2,2H3,(H,31,34)/b9-4-,22-10+. The zero-order valence-corrected chi connectivity index (χ0v) is 19.6. The second kappa shape index (κ2) is 13.4. The van der Waals surface area contributed by atoms with E-state index in [1.54, 1.807) is 6.08 Å². The molecule has 1 atom stereocenters. The van der Waals surface area contributed by atoms with Crippen molar-refractivity contribution in [1.82, 2.24) is 10.3 Å². The third-order valence-electron chi connectivity index (χ3n) is 5.38. The Bertz CT molecular complexity index is 1010. The van der Waals surface area contributed by atoms with E-state index in [2.05, 4.69) is 11.2 Å². The molecule has 188 valence electrons. The molecule has 1 heterocycles. The van der Waals surface area contributed by atoms with Gasteiger partial charge in [0.15, 0.2) is 0 Å². The molecule has 0 aliphatic carbocycles. The van der Waals surface area contributed by atoms with E-state index in [1.807, 2.05) is 31.2 Å². The van der Waals surface area contributed by atoms with Crippen molar-refractivity contribution < 1.29 is 27.5 Å². The number of halogens is 3. The Hall–Kier alpha value is -3.51. The molecule has 0 saturated heterocycles. The topological polar surface area (TPSA) is 84.7 Å². The minimum atomic E-state index is -4.22. The van der Waals surface area contributed by atoms with Crippen molar-refractivity contribution in [3.8, 4) is 12.3 Å². The van der Waals surface area contributed by atoms with Crippen molar-refractivity contribution in [3.63, 3.8) is 0 Å². The van der Waals surface area contributed by atoms with Crippen LogP contribution in [0.3, 0.4) is 0 Å². The highest BCUT2D eigenvalue weighted by atomic mass is 19.4. The molecule has 1 aliphatic heterocycles. The van der Waals surface area contributed by atoms with Gasteiger partial charge >= 0.3 is 6.18 Å². The third kappa shape index (κ3) is 9.33. The van der Waals surface area contributed by atoms with Gasteiger partial charge in [-0.25, -0.2) is 10.9 Å². The van der Waals surface area contributed by atoms with Gasteiger partial charge in [0.1, 0.15) is 11.5 Å². The number of nitrogens with two attached hydrogens (primary N) is 1. The van der Waals surface area contributed by atoms with Gasteiger partial charge in [0.25, 0.3) is 5.91 Å². The maximum absolute atomic E-state index is 12.7. The summed E-state index contributed by atoms with van der Waals surface area (Å²) in [5.74, 6) is 8.06. The van der Waals surface area contributed by atoms with E-state index in [0.717, 1.165) is 16.1 Å². The van der Waals surface area contributed by atoms with Crippen molar-refractivity contribution >= 4 is 17.9 Å². The van der Waals surface area contributed by atoms with Gasteiger partial charge in [0.05, 0.1) is 6.61 Å². The van der Waals surface area contributed by atoms with Crippen molar-refractivity contribution in [2.45, 2.75) is 57.7 Å². The Morgan fingerprint density at radius 2 is 2.03 bits per heavy atom. The minimum Gasteiger partial charge on any atom is -0.494 e. The Morgan fingerprint density at radius 1 is 1.31 bits per heavy atom. The zero-order chi connectivity index (χ0) is 25.8.